The fourth-order valence-electron chi connectivity index (χ4n) is 3.26. The molecule has 0 aliphatic heterocycles. The molecule has 0 saturated carbocycles. The highest BCUT2D eigenvalue weighted by Crippen LogP contribution is 2.28. The highest BCUT2D eigenvalue weighted by Gasteiger charge is 2.15. The lowest BCUT2D eigenvalue weighted by molar-refractivity contribution is 0.0600. The zero-order chi connectivity index (χ0) is 23.4. The molecule has 0 aliphatic rings. The van der Waals surface area contributed by atoms with Gasteiger partial charge < -0.3 is 23.4 Å². The van der Waals surface area contributed by atoms with E-state index in [0.29, 0.717) is 39.5 Å². The molecule has 33 heavy (non-hydrogen) atoms. The zero-order valence-electron chi connectivity index (χ0n) is 18.4. The minimum absolute atomic E-state index is 0.132. The summed E-state index contributed by atoms with van der Waals surface area (Å²) in [7, 11) is 2.92. The van der Waals surface area contributed by atoms with Crippen LogP contribution in [0.1, 0.15) is 21.7 Å². The van der Waals surface area contributed by atoms with Crippen LogP contribution >= 0.6 is 0 Å². The highest BCUT2D eigenvalue weighted by atomic mass is 16.5. The number of carbonyl (C=O) groups excluding carboxylic acids is 1. The number of aryl methyl sites for hydroxylation is 1. The number of hydrogen-bond donors (Lipinski definition) is 0. The van der Waals surface area contributed by atoms with Crippen molar-refractivity contribution < 1.29 is 28.2 Å². The molecule has 0 fully saturated rings. The maximum atomic E-state index is 13.0. The third kappa shape index (κ3) is 4.82. The van der Waals surface area contributed by atoms with E-state index in [1.807, 2.05) is 0 Å². The summed E-state index contributed by atoms with van der Waals surface area (Å²) in [5.74, 6) is 1.84. The van der Waals surface area contributed by atoms with Crippen molar-refractivity contribution >= 4 is 16.9 Å². The molecule has 0 radical (unpaired) electrons. The van der Waals surface area contributed by atoms with Crippen LogP contribution in [0.5, 0.6) is 23.0 Å². The molecule has 0 saturated heterocycles. The summed E-state index contributed by atoms with van der Waals surface area (Å²) < 4.78 is 27.3. The highest BCUT2D eigenvalue weighted by molar-refractivity contribution is 5.89. The standard InChI is InChI=1S/C26H22O7/c1-16-25(33-20-10-8-19(29-2)9-11-20)24(27)22-13-12-21(14-23(22)32-16)31-15-17-4-6-18(7-5-17)26(28)30-3/h4-14H,15H2,1-3H3. The number of esters is 1. The third-order valence-electron chi connectivity index (χ3n) is 5.05. The van der Waals surface area contributed by atoms with E-state index in [1.54, 1.807) is 80.8 Å². The van der Waals surface area contributed by atoms with Crippen LogP contribution in [-0.2, 0) is 11.3 Å². The van der Waals surface area contributed by atoms with Crippen molar-refractivity contribution in [1.82, 2.24) is 0 Å². The summed E-state index contributed by atoms with van der Waals surface area (Å²) >= 11 is 0. The van der Waals surface area contributed by atoms with Crippen molar-refractivity contribution in [2.45, 2.75) is 13.5 Å². The van der Waals surface area contributed by atoms with Crippen LogP contribution in [0.25, 0.3) is 11.0 Å². The maximum Gasteiger partial charge on any atom is 0.337 e. The summed E-state index contributed by atoms with van der Waals surface area (Å²) in [5, 5.41) is 0.388. The molecule has 168 valence electrons. The second-order valence-corrected chi connectivity index (χ2v) is 7.23. The Morgan fingerprint density at radius 1 is 0.879 bits per heavy atom. The van der Waals surface area contributed by atoms with Gasteiger partial charge in [0, 0.05) is 6.07 Å². The van der Waals surface area contributed by atoms with E-state index < -0.39 is 5.97 Å². The quantitative estimate of drug-likeness (QED) is 0.358. The Hall–Kier alpha value is -4.26. The van der Waals surface area contributed by atoms with Crippen LogP contribution in [0.15, 0.2) is 75.9 Å². The average molecular weight is 446 g/mol. The Bertz CT molecular complexity index is 1340. The molecule has 1 heterocycles. The molecule has 0 spiro atoms. The van der Waals surface area contributed by atoms with Crippen molar-refractivity contribution in [1.29, 1.82) is 0 Å². The van der Waals surface area contributed by atoms with E-state index in [1.165, 1.54) is 7.11 Å². The Balaban J connectivity index is 1.52. The molecule has 0 atom stereocenters. The van der Waals surface area contributed by atoms with Gasteiger partial charge in [-0.25, -0.2) is 4.79 Å². The van der Waals surface area contributed by atoms with Crippen LogP contribution in [-0.4, -0.2) is 20.2 Å². The molecule has 1 aromatic heterocycles. The Labute approximate surface area is 190 Å². The predicted octanol–water partition coefficient (Wildman–Crippen LogP) is 5.27. The summed E-state index contributed by atoms with van der Waals surface area (Å²) in [6.07, 6.45) is 0. The molecule has 0 unspecified atom stereocenters. The molecule has 7 heteroatoms. The number of rotatable bonds is 7. The van der Waals surface area contributed by atoms with Crippen LogP contribution in [0.4, 0.5) is 0 Å². The Morgan fingerprint density at radius 2 is 1.55 bits per heavy atom. The molecule has 4 aromatic rings. The van der Waals surface area contributed by atoms with Crippen LogP contribution in [0, 0.1) is 6.92 Å². The van der Waals surface area contributed by atoms with Gasteiger partial charge in [-0.05, 0) is 61.0 Å². The number of ether oxygens (including phenoxy) is 4. The molecule has 4 rings (SSSR count). The van der Waals surface area contributed by atoms with E-state index in [9.17, 15) is 9.59 Å². The molecule has 0 N–H and O–H groups in total. The van der Waals surface area contributed by atoms with E-state index in [-0.39, 0.29) is 17.8 Å². The minimum atomic E-state index is -0.391. The fraction of sp³-hybridized carbons (Fsp3) is 0.154. The van der Waals surface area contributed by atoms with Gasteiger partial charge in [-0.2, -0.15) is 0 Å². The molecule has 0 amide bonds. The molecule has 3 aromatic carbocycles. The number of methoxy groups -OCH3 is 2. The summed E-state index contributed by atoms with van der Waals surface area (Å²) in [5.41, 5.74) is 1.48. The molecule has 0 aliphatic carbocycles. The van der Waals surface area contributed by atoms with Crippen molar-refractivity contribution in [3.8, 4) is 23.0 Å². The molecule has 0 bridgehead atoms. The van der Waals surface area contributed by atoms with E-state index in [0.717, 1.165) is 5.56 Å². The SMILES string of the molecule is COC(=O)c1ccc(COc2ccc3c(=O)c(Oc4ccc(OC)cc4)c(C)oc3c2)cc1. The van der Waals surface area contributed by atoms with Gasteiger partial charge in [0.1, 0.15) is 35.2 Å². The molecule has 7 nitrogen and oxygen atoms in total. The van der Waals surface area contributed by atoms with Gasteiger partial charge in [-0.15, -0.1) is 0 Å². The van der Waals surface area contributed by atoms with Crippen LogP contribution in [0.2, 0.25) is 0 Å². The van der Waals surface area contributed by atoms with Gasteiger partial charge in [0.05, 0.1) is 25.2 Å². The van der Waals surface area contributed by atoms with Gasteiger partial charge >= 0.3 is 5.97 Å². The number of benzene rings is 3. The van der Waals surface area contributed by atoms with E-state index in [2.05, 4.69) is 0 Å². The van der Waals surface area contributed by atoms with Gasteiger partial charge in [-0.1, -0.05) is 12.1 Å². The first-order valence-corrected chi connectivity index (χ1v) is 10.2. The van der Waals surface area contributed by atoms with Gasteiger partial charge in [0.15, 0.2) is 0 Å². The maximum absolute atomic E-state index is 13.0. The van der Waals surface area contributed by atoms with Crippen LogP contribution < -0.4 is 19.6 Å². The molecular formula is C26H22O7. The summed E-state index contributed by atoms with van der Waals surface area (Å²) in [4.78, 5) is 24.5. The first-order valence-electron chi connectivity index (χ1n) is 10.2. The summed E-state index contributed by atoms with van der Waals surface area (Å²) in [6.45, 7) is 1.96. The lowest BCUT2D eigenvalue weighted by atomic mass is 10.1. The Morgan fingerprint density at radius 3 is 2.21 bits per heavy atom. The van der Waals surface area contributed by atoms with Gasteiger partial charge in [0.2, 0.25) is 11.2 Å². The van der Waals surface area contributed by atoms with Crippen molar-refractivity contribution in [2.24, 2.45) is 0 Å². The lowest BCUT2D eigenvalue weighted by Crippen LogP contribution is -2.07. The lowest BCUT2D eigenvalue weighted by Gasteiger charge is -2.11. The monoisotopic (exact) mass is 446 g/mol. The van der Waals surface area contributed by atoms with Gasteiger partial charge in [-0.3, -0.25) is 4.79 Å². The number of fused-ring (bicyclic) bond motifs is 1. The normalized spacial score (nSPS) is 10.6. The van der Waals surface area contributed by atoms with Crippen molar-refractivity contribution in [2.75, 3.05) is 14.2 Å². The average Bonchev–Trinajstić information content (AvgIpc) is 2.85. The zero-order valence-corrected chi connectivity index (χ0v) is 18.4. The predicted molar refractivity (Wildman–Crippen MR) is 122 cm³/mol. The molecular weight excluding hydrogens is 424 g/mol. The number of carbonyl (C=O) groups is 1. The van der Waals surface area contributed by atoms with Gasteiger partial charge in [0.25, 0.3) is 0 Å². The first kappa shape index (κ1) is 22.0. The Kier molecular flexibility index (Phi) is 6.31. The first-order chi connectivity index (χ1) is 16.0. The number of hydrogen-bond acceptors (Lipinski definition) is 7. The van der Waals surface area contributed by atoms with E-state index >= 15 is 0 Å². The smallest absolute Gasteiger partial charge is 0.337 e. The topological polar surface area (TPSA) is 84.2 Å². The third-order valence-corrected chi connectivity index (χ3v) is 5.05. The van der Waals surface area contributed by atoms with Crippen molar-refractivity contribution in [3.05, 3.63) is 93.8 Å². The minimum Gasteiger partial charge on any atom is -0.497 e. The largest absolute Gasteiger partial charge is 0.497 e. The fourth-order valence-corrected chi connectivity index (χ4v) is 3.26. The van der Waals surface area contributed by atoms with Crippen LogP contribution in [0.3, 0.4) is 0 Å². The van der Waals surface area contributed by atoms with E-state index in [4.69, 9.17) is 23.4 Å². The second-order valence-electron chi connectivity index (χ2n) is 7.23. The van der Waals surface area contributed by atoms with Crippen molar-refractivity contribution in [3.63, 3.8) is 0 Å². The second kappa shape index (κ2) is 9.48. The summed E-state index contributed by atoms with van der Waals surface area (Å²) in [6, 6.07) is 18.9.